The van der Waals surface area contributed by atoms with Gasteiger partial charge in [-0.25, -0.2) is 4.79 Å². The van der Waals surface area contributed by atoms with Crippen molar-refractivity contribution in [3.05, 3.63) is 12.7 Å². The average molecular weight is 215 g/mol. The lowest BCUT2D eigenvalue weighted by atomic mass is 10.2. The molecule has 0 saturated carbocycles. The van der Waals surface area contributed by atoms with E-state index in [0.29, 0.717) is 13.2 Å². The number of carboxylic acids is 1. The molecule has 0 aromatic heterocycles. The number of hydrogen-bond donors (Lipinski definition) is 2. The molecule has 0 heterocycles. The summed E-state index contributed by atoms with van der Waals surface area (Å²) in [5.41, 5.74) is 0. The van der Waals surface area contributed by atoms with E-state index in [9.17, 15) is 9.59 Å². The van der Waals surface area contributed by atoms with Crippen LogP contribution in [0.15, 0.2) is 12.7 Å². The van der Waals surface area contributed by atoms with Gasteiger partial charge in [-0.1, -0.05) is 6.08 Å². The van der Waals surface area contributed by atoms with Crippen LogP contribution in [0, 0.1) is 0 Å². The third-order valence-electron chi connectivity index (χ3n) is 1.71. The number of nitrogens with one attached hydrogen (secondary N) is 1. The number of amides is 1. The molecule has 0 aliphatic rings. The summed E-state index contributed by atoms with van der Waals surface area (Å²) >= 11 is 0. The van der Waals surface area contributed by atoms with Crippen LogP contribution in [-0.4, -0.2) is 36.2 Å². The molecular weight excluding hydrogens is 198 g/mol. The summed E-state index contributed by atoms with van der Waals surface area (Å²) in [6, 6.07) is -0.892. The van der Waals surface area contributed by atoms with E-state index in [2.05, 4.69) is 11.9 Å². The molecule has 15 heavy (non-hydrogen) atoms. The lowest BCUT2D eigenvalue weighted by molar-refractivity contribution is -0.141. The summed E-state index contributed by atoms with van der Waals surface area (Å²) in [4.78, 5) is 21.9. The Kier molecular flexibility index (Phi) is 7.27. The maximum Gasteiger partial charge on any atom is 0.326 e. The molecule has 1 atom stereocenters. The fourth-order valence-corrected chi connectivity index (χ4v) is 0.964. The van der Waals surface area contributed by atoms with Gasteiger partial charge in [-0.2, -0.15) is 0 Å². The lowest BCUT2D eigenvalue weighted by Gasteiger charge is -2.12. The molecule has 0 spiro atoms. The molecule has 0 rings (SSSR count). The van der Waals surface area contributed by atoms with Crippen molar-refractivity contribution in [3.8, 4) is 0 Å². The van der Waals surface area contributed by atoms with Crippen LogP contribution in [0.3, 0.4) is 0 Å². The van der Waals surface area contributed by atoms with Crippen LogP contribution in [-0.2, 0) is 14.3 Å². The second-order valence-electron chi connectivity index (χ2n) is 2.93. The molecule has 86 valence electrons. The zero-order valence-electron chi connectivity index (χ0n) is 8.86. The third-order valence-corrected chi connectivity index (χ3v) is 1.71. The SMILES string of the molecule is C=CCC(NC(=O)CCOCC)C(=O)O. The highest BCUT2D eigenvalue weighted by Gasteiger charge is 2.17. The first kappa shape index (κ1) is 13.6. The number of carboxylic acid groups (broad SMARTS) is 1. The average Bonchev–Trinajstić information content (AvgIpc) is 2.17. The van der Waals surface area contributed by atoms with Gasteiger partial charge in [0.25, 0.3) is 0 Å². The molecule has 1 amide bonds. The number of rotatable bonds is 8. The van der Waals surface area contributed by atoms with E-state index in [1.807, 2.05) is 6.92 Å². The summed E-state index contributed by atoms with van der Waals surface area (Å²) < 4.78 is 4.98. The standard InChI is InChI=1S/C10H17NO4/c1-3-5-8(10(13)14)11-9(12)6-7-15-4-2/h3,8H,1,4-7H2,2H3,(H,11,12)(H,13,14). The Hall–Kier alpha value is -1.36. The van der Waals surface area contributed by atoms with Crippen molar-refractivity contribution in [2.24, 2.45) is 0 Å². The van der Waals surface area contributed by atoms with Crippen LogP contribution in [0.4, 0.5) is 0 Å². The van der Waals surface area contributed by atoms with Crippen molar-refractivity contribution in [2.45, 2.75) is 25.8 Å². The maximum atomic E-state index is 11.2. The summed E-state index contributed by atoms with van der Waals surface area (Å²) in [5.74, 6) is -1.38. The van der Waals surface area contributed by atoms with Crippen molar-refractivity contribution in [3.63, 3.8) is 0 Å². The van der Waals surface area contributed by atoms with Crippen molar-refractivity contribution in [1.29, 1.82) is 0 Å². The van der Waals surface area contributed by atoms with Crippen LogP contribution < -0.4 is 5.32 Å². The fourth-order valence-electron chi connectivity index (χ4n) is 0.964. The summed E-state index contributed by atoms with van der Waals surface area (Å²) in [6.45, 7) is 6.11. The Labute approximate surface area is 89.1 Å². The van der Waals surface area contributed by atoms with Crippen LogP contribution in [0.25, 0.3) is 0 Å². The van der Waals surface area contributed by atoms with Gasteiger partial charge in [0.15, 0.2) is 0 Å². The highest BCUT2D eigenvalue weighted by Crippen LogP contribution is 1.94. The predicted molar refractivity (Wildman–Crippen MR) is 55.5 cm³/mol. The minimum Gasteiger partial charge on any atom is -0.480 e. The molecule has 5 heteroatoms. The van der Waals surface area contributed by atoms with Crippen molar-refractivity contribution in [2.75, 3.05) is 13.2 Å². The minimum atomic E-state index is -1.06. The monoisotopic (exact) mass is 215 g/mol. The first-order valence-corrected chi connectivity index (χ1v) is 4.82. The highest BCUT2D eigenvalue weighted by molar-refractivity contribution is 5.83. The summed E-state index contributed by atoms with van der Waals surface area (Å²) in [6.07, 6.45) is 1.85. The van der Waals surface area contributed by atoms with Gasteiger partial charge in [0.1, 0.15) is 6.04 Å². The van der Waals surface area contributed by atoms with Gasteiger partial charge in [-0.15, -0.1) is 6.58 Å². The second-order valence-corrected chi connectivity index (χ2v) is 2.93. The number of carbonyl (C=O) groups excluding carboxylic acids is 1. The quantitative estimate of drug-likeness (QED) is 0.458. The van der Waals surface area contributed by atoms with Crippen LogP contribution in [0.2, 0.25) is 0 Å². The van der Waals surface area contributed by atoms with Gasteiger partial charge in [-0.05, 0) is 13.3 Å². The zero-order chi connectivity index (χ0) is 11.7. The van der Waals surface area contributed by atoms with E-state index in [1.54, 1.807) is 0 Å². The number of carbonyl (C=O) groups is 2. The molecule has 2 N–H and O–H groups in total. The van der Waals surface area contributed by atoms with E-state index in [-0.39, 0.29) is 18.7 Å². The zero-order valence-corrected chi connectivity index (χ0v) is 8.86. The Morgan fingerprint density at radius 2 is 2.27 bits per heavy atom. The molecule has 0 bridgehead atoms. The van der Waals surface area contributed by atoms with Gasteiger partial charge in [0.2, 0.25) is 5.91 Å². The minimum absolute atomic E-state index is 0.175. The normalized spacial score (nSPS) is 11.8. The topological polar surface area (TPSA) is 75.6 Å². The molecule has 0 aliphatic heterocycles. The molecule has 0 aliphatic carbocycles. The van der Waals surface area contributed by atoms with E-state index >= 15 is 0 Å². The highest BCUT2D eigenvalue weighted by atomic mass is 16.5. The molecule has 1 unspecified atom stereocenters. The molecule has 0 aromatic carbocycles. The number of aliphatic carboxylic acids is 1. The largest absolute Gasteiger partial charge is 0.480 e. The Balaban J connectivity index is 3.89. The Bertz CT molecular complexity index is 227. The van der Waals surface area contributed by atoms with E-state index < -0.39 is 12.0 Å². The Morgan fingerprint density at radius 3 is 2.73 bits per heavy atom. The Morgan fingerprint density at radius 1 is 1.60 bits per heavy atom. The molecule has 5 nitrogen and oxygen atoms in total. The van der Waals surface area contributed by atoms with Gasteiger partial charge in [0.05, 0.1) is 6.61 Å². The summed E-state index contributed by atoms with van der Waals surface area (Å²) in [7, 11) is 0. The molecule has 0 saturated heterocycles. The first-order valence-electron chi connectivity index (χ1n) is 4.82. The fraction of sp³-hybridized carbons (Fsp3) is 0.600. The van der Waals surface area contributed by atoms with Crippen molar-refractivity contribution < 1.29 is 19.4 Å². The van der Waals surface area contributed by atoms with Crippen LogP contribution in [0.1, 0.15) is 19.8 Å². The number of hydrogen-bond acceptors (Lipinski definition) is 3. The van der Waals surface area contributed by atoms with E-state index in [1.165, 1.54) is 6.08 Å². The molecule has 0 fully saturated rings. The summed E-state index contributed by atoms with van der Waals surface area (Å²) in [5, 5.41) is 11.1. The second kappa shape index (κ2) is 7.99. The maximum absolute atomic E-state index is 11.2. The third kappa shape index (κ3) is 6.68. The lowest BCUT2D eigenvalue weighted by Crippen LogP contribution is -2.40. The van der Waals surface area contributed by atoms with Crippen molar-refractivity contribution >= 4 is 11.9 Å². The van der Waals surface area contributed by atoms with Gasteiger partial charge in [0, 0.05) is 13.0 Å². The van der Waals surface area contributed by atoms with E-state index in [0.717, 1.165) is 0 Å². The molecule has 0 aromatic rings. The van der Waals surface area contributed by atoms with E-state index in [4.69, 9.17) is 9.84 Å². The van der Waals surface area contributed by atoms with Gasteiger partial charge >= 0.3 is 5.97 Å². The van der Waals surface area contributed by atoms with Crippen molar-refractivity contribution in [1.82, 2.24) is 5.32 Å². The smallest absolute Gasteiger partial charge is 0.326 e. The van der Waals surface area contributed by atoms with Crippen LogP contribution >= 0.6 is 0 Å². The van der Waals surface area contributed by atoms with Gasteiger partial charge < -0.3 is 15.2 Å². The number of ether oxygens (including phenoxy) is 1. The van der Waals surface area contributed by atoms with Gasteiger partial charge in [-0.3, -0.25) is 4.79 Å². The van der Waals surface area contributed by atoms with Crippen LogP contribution in [0.5, 0.6) is 0 Å². The molecule has 0 radical (unpaired) electrons. The predicted octanol–water partition coefficient (Wildman–Crippen LogP) is 0.558. The molecular formula is C10H17NO4. The first-order chi connectivity index (χ1) is 7.11.